The summed E-state index contributed by atoms with van der Waals surface area (Å²) < 4.78 is 0. The highest BCUT2D eigenvalue weighted by Crippen LogP contribution is 2.06. The first kappa shape index (κ1) is 15.6. The minimum atomic E-state index is -0.501. The summed E-state index contributed by atoms with van der Waals surface area (Å²) in [6.45, 7) is 3.45. The molecular formula is C12H19N3O3S. The summed E-state index contributed by atoms with van der Waals surface area (Å²) in [7, 11) is 0. The molecular weight excluding hydrogens is 266 g/mol. The van der Waals surface area contributed by atoms with Crippen LogP contribution in [0.15, 0.2) is 17.5 Å². The number of likely N-dealkylation sites (N-methyl/N-ethyl adjacent to an activating group) is 1. The van der Waals surface area contributed by atoms with E-state index < -0.39 is 6.03 Å². The van der Waals surface area contributed by atoms with Crippen molar-refractivity contribution >= 4 is 23.3 Å². The lowest BCUT2D eigenvalue weighted by Gasteiger charge is -2.17. The number of urea groups is 1. The number of carbonyl (C=O) groups is 2. The van der Waals surface area contributed by atoms with Crippen LogP contribution in [0.4, 0.5) is 4.79 Å². The fourth-order valence-corrected chi connectivity index (χ4v) is 2.13. The van der Waals surface area contributed by atoms with Gasteiger partial charge in [0.2, 0.25) is 5.91 Å². The fraction of sp³-hybridized carbons (Fsp3) is 0.500. The zero-order valence-corrected chi connectivity index (χ0v) is 11.7. The van der Waals surface area contributed by atoms with E-state index in [-0.39, 0.29) is 19.1 Å². The maximum Gasteiger partial charge on any atom is 0.321 e. The molecule has 0 aliphatic rings. The van der Waals surface area contributed by atoms with Crippen LogP contribution in [-0.4, -0.2) is 48.2 Å². The van der Waals surface area contributed by atoms with Gasteiger partial charge in [-0.15, -0.1) is 11.3 Å². The van der Waals surface area contributed by atoms with E-state index in [4.69, 9.17) is 5.11 Å². The van der Waals surface area contributed by atoms with E-state index in [2.05, 4.69) is 10.6 Å². The number of nitrogens with one attached hydrogen (secondary N) is 2. The van der Waals surface area contributed by atoms with Crippen LogP contribution in [0.2, 0.25) is 0 Å². The number of thiophene rings is 1. The molecule has 0 atom stereocenters. The zero-order valence-electron chi connectivity index (χ0n) is 10.9. The summed E-state index contributed by atoms with van der Waals surface area (Å²) in [5.74, 6) is -0.376. The smallest absolute Gasteiger partial charge is 0.321 e. The van der Waals surface area contributed by atoms with E-state index in [0.29, 0.717) is 19.6 Å². The Bertz CT molecular complexity index is 395. The fourth-order valence-electron chi connectivity index (χ4n) is 1.48. The molecule has 0 saturated heterocycles. The molecule has 0 bridgehead atoms. The number of carbonyl (C=O) groups excluding carboxylic acids is 2. The van der Waals surface area contributed by atoms with Crippen molar-refractivity contribution < 1.29 is 14.7 Å². The maximum atomic E-state index is 11.6. The van der Waals surface area contributed by atoms with Crippen molar-refractivity contribution in [2.24, 2.45) is 0 Å². The topological polar surface area (TPSA) is 81.7 Å². The van der Waals surface area contributed by atoms with Crippen LogP contribution in [0, 0.1) is 0 Å². The Morgan fingerprint density at radius 1 is 1.47 bits per heavy atom. The lowest BCUT2D eigenvalue weighted by Crippen LogP contribution is -2.44. The van der Waals surface area contributed by atoms with Crippen LogP contribution >= 0.6 is 11.3 Å². The van der Waals surface area contributed by atoms with Gasteiger partial charge in [0.25, 0.3) is 0 Å². The van der Waals surface area contributed by atoms with Gasteiger partial charge in [-0.25, -0.2) is 4.79 Å². The van der Waals surface area contributed by atoms with Gasteiger partial charge in [-0.3, -0.25) is 15.0 Å². The Balaban J connectivity index is 2.25. The lowest BCUT2D eigenvalue weighted by molar-refractivity contribution is -0.121. The summed E-state index contributed by atoms with van der Waals surface area (Å²) in [5.41, 5.74) is 0. The molecule has 0 fully saturated rings. The number of aliphatic hydroxyl groups is 1. The Morgan fingerprint density at radius 3 is 2.84 bits per heavy atom. The highest BCUT2D eigenvalue weighted by Gasteiger charge is 2.11. The third kappa shape index (κ3) is 6.32. The van der Waals surface area contributed by atoms with Gasteiger partial charge in [0.1, 0.15) is 0 Å². The first-order valence-electron chi connectivity index (χ1n) is 6.09. The monoisotopic (exact) mass is 285 g/mol. The predicted molar refractivity (Wildman–Crippen MR) is 73.9 cm³/mol. The van der Waals surface area contributed by atoms with E-state index in [0.717, 1.165) is 4.88 Å². The van der Waals surface area contributed by atoms with Crippen molar-refractivity contribution in [1.82, 2.24) is 15.5 Å². The molecule has 1 heterocycles. The van der Waals surface area contributed by atoms with Gasteiger partial charge >= 0.3 is 6.03 Å². The van der Waals surface area contributed by atoms with Gasteiger partial charge < -0.3 is 10.4 Å². The molecule has 3 amide bonds. The summed E-state index contributed by atoms with van der Waals surface area (Å²) in [6, 6.07) is 3.31. The van der Waals surface area contributed by atoms with Gasteiger partial charge in [-0.1, -0.05) is 13.0 Å². The molecule has 1 aromatic heterocycles. The first-order valence-corrected chi connectivity index (χ1v) is 6.97. The normalized spacial score (nSPS) is 10.5. The summed E-state index contributed by atoms with van der Waals surface area (Å²) in [5, 5.41) is 15.6. The Labute approximate surface area is 116 Å². The maximum absolute atomic E-state index is 11.6. The molecule has 106 valence electrons. The molecule has 0 aliphatic heterocycles. The van der Waals surface area contributed by atoms with Crippen LogP contribution in [0.1, 0.15) is 11.8 Å². The van der Waals surface area contributed by atoms with Crippen molar-refractivity contribution in [2.45, 2.75) is 13.5 Å². The standard InChI is InChI=1S/C12H19N3O3S/c1-2-15(5-6-16)9-11(17)14-12(18)13-8-10-4-3-7-19-10/h3-4,7,16H,2,5-6,8-9H2,1H3,(H2,13,14,17,18). The highest BCUT2D eigenvalue weighted by atomic mass is 32.1. The van der Waals surface area contributed by atoms with Gasteiger partial charge in [0.05, 0.1) is 19.7 Å². The van der Waals surface area contributed by atoms with E-state index in [1.165, 1.54) is 0 Å². The molecule has 1 rings (SSSR count). The molecule has 7 heteroatoms. The van der Waals surface area contributed by atoms with Crippen molar-refractivity contribution in [3.05, 3.63) is 22.4 Å². The predicted octanol–water partition coefficient (Wildman–Crippen LogP) is 0.388. The summed E-state index contributed by atoms with van der Waals surface area (Å²) >= 11 is 1.54. The SMILES string of the molecule is CCN(CCO)CC(=O)NC(=O)NCc1cccs1. The van der Waals surface area contributed by atoms with Crippen molar-refractivity contribution in [2.75, 3.05) is 26.2 Å². The van der Waals surface area contributed by atoms with E-state index >= 15 is 0 Å². The van der Waals surface area contributed by atoms with Gasteiger partial charge in [0.15, 0.2) is 0 Å². The molecule has 19 heavy (non-hydrogen) atoms. The molecule has 6 nitrogen and oxygen atoms in total. The average Bonchev–Trinajstić information content (AvgIpc) is 2.88. The minimum Gasteiger partial charge on any atom is -0.395 e. The molecule has 0 spiro atoms. The first-order chi connectivity index (χ1) is 9.15. The summed E-state index contributed by atoms with van der Waals surface area (Å²) in [4.78, 5) is 25.8. The minimum absolute atomic E-state index is 0.00824. The summed E-state index contributed by atoms with van der Waals surface area (Å²) in [6.07, 6.45) is 0. The van der Waals surface area contributed by atoms with Gasteiger partial charge in [0, 0.05) is 11.4 Å². The Hall–Kier alpha value is -1.44. The average molecular weight is 285 g/mol. The number of imide groups is 1. The molecule has 0 saturated carbocycles. The van der Waals surface area contributed by atoms with Crippen molar-refractivity contribution in [3.8, 4) is 0 Å². The van der Waals surface area contributed by atoms with Crippen LogP contribution in [0.3, 0.4) is 0 Å². The van der Waals surface area contributed by atoms with E-state index in [9.17, 15) is 9.59 Å². The third-order valence-electron chi connectivity index (χ3n) is 2.49. The largest absolute Gasteiger partial charge is 0.395 e. The number of hydrogen-bond donors (Lipinski definition) is 3. The Kier molecular flexibility index (Phi) is 7.09. The number of rotatable bonds is 7. The molecule has 3 N–H and O–H groups in total. The second-order valence-corrected chi connectivity index (χ2v) is 4.93. The van der Waals surface area contributed by atoms with Crippen LogP contribution in [-0.2, 0) is 11.3 Å². The second kappa shape index (κ2) is 8.63. The Morgan fingerprint density at radius 2 is 2.26 bits per heavy atom. The highest BCUT2D eigenvalue weighted by molar-refractivity contribution is 7.09. The number of nitrogens with zero attached hydrogens (tertiary/aromatic N) is 1. The van der Waals surface area contributed by atoms with E-state index in [1.54, 1.807) is 16.2 Å². The van der Waals surface area contributed by atoms with Crippen molar-refractivity contribution in [1.29, 1.82) is 0 Å². The second-order valence-electron chi connectivity index (χ2n) is 3.90. The molecule has 1 aromatic rings. The number of hydrogen-bond acceptors (Lipinski definition) is 5. The van der Waals surface area contributed by atoms with Crippen molar-refractivity contribution in [3.63, 3.8) is 0 Å². The molecule has 0 aliphatic carbocycles. The van der Waals surface area contributed by atoms with Crippen LogP contribution in [0.25, 0.3) is 0 Å². The van der Waals surface area contributed by atoms with Gasteiger partial charge in [-0.05, 0) is 18.0 Å². The quantitative estimate of drug-likeness (QED) is 0.677. The number of amides is 3. The molecule has 0 unspecified atom stereocenters. The zero-order chi connectivity index (χ0) is 14.1. The molecule has 0 radical (unpaired) electrons. The van der Waals surface area contributed by atoms with Gasteiger partial charge in [-0.2, -0.15) is 0 Å². The van der Waals surface area contributed by atoms with Crippen LogP contribution < -0.4 is 10.6 Å². The molecule has 0 aromatic carbocycles. The number of aliphatic hydroxyl groups excluding tert-OH is 1. The van der Waals surface area contributed by atoms with E-state index in [1.807, 2.05) is 24.4 Å². The third-order valence-corrected chi connectivity index (χ3v) is 3.36. The van der Waals surface area contributed by atoms with Crippen LogP contribution in [0.5, 0.6) is 0 Å². The lowest BCUT2D eigenvalue weighted by atomic mass is 10.4.